The zero-order valence-corrected chi connectivity index (χ0v) is 15.8. The summed E-state index contributed by atoms with van der Waals surface area (Å²) in [5, 5.41) is 3.43. The topological polar surface area (TPSA) is 38.3 Å². The quantitative estimate of drug-likeness (QED) is 0.900. The Morgan fingerprint density at radius 1 is 1.28 bits per heavy atom. The average Bonchev–Trinajstić information content (AvgIpc) is 3.09. The van der Waals surface area contributed by atoms with Crippen LogP contribution in [0, 0.1) is 22.7 Å². The fraction of sp³-hybridized carbons (Fsp3) is 0.682. The van der Waals surface area contributed by atoms with Gasteiger partial charge in [0.1, 0.15) is 0 Å². The summed E-state index contributed by atoms with van der Waals surface area (Å²) < 4.78 is 6.28. The second kappa shape index (κ2) is 6.12. The molecule has 2 aliphatic carbocycles. The summed E-state index contributed by atoms with van der Waals surface area (Å²) in [6, 6.07) is 11.0. The zero-order chi connectivity index (χ0) is 17.7. The van der Waals surface area contributed by atoms with E-state index in [1.165, 1.54) is 18.4 Å². The minimum atomic E-state index is 0.190. The maximum atomic E-state index is 12.2. The normalized spacial score (nSPS) is 38.4. The zero-order valence-electron chi connectivity index (χ0n) is 15.8. The van der Waals surface area contributed by atoms with Gasteiger partial charge in [-0.05, 0) is 53.9 Å². The first-order valence-electron chi connectivity index (χ1n) is 9.92. The maximum Gasteiger partial charge on any atom is 0.219 e. The molecule has 1 aromatic rings. The molecule has 3 aliphatic rings. The van der Waals surface area contributed by atoms with Crippen molar-refractivity contribution in [1.29, 1.82) is 0 Å². The van der Waals surface area contributed by atoms with Gasteiger partial charge in [0, 0.05) is 19.1 Å². The van der Waals surface area contributed by atoms with E-state index in [1.54, 1.807) is 0 Å². The molecule has 1 heterocycles. The molecule has 3 fully saturated rings. The first kappa shape index (κ1) is 17.1. The Kier molecular flexibility index (Phi) is 4.18. The van der Waals surface area contributed by atoms with E-state index in [0.29, 0.717) is 30.4 Å². The summed E-state index contributed by atoms with van der Waals surface area (Å²) in [4.78, 5) is 12.2. The smallest absolute Gasteiger partial charge is 0.219 e. The number of carbonyl (C=O) groups excluding carboxylic acids is 1. The third-order valence-corrected chi connectivity index (χ3v) is 7.53. The highest BCUT2D eigenvalue weighted by Gasteiger charge is 2.68. The number of ether oxygens (including phenoxy) is 1. The summed E-state index contributed by atoms with van der Waals surface area (Å²) in [7, 11) is 0. The highest BCUT2D eigenvalue weighted by Crippen LogP contribution is 2.68. The fourth-order valence-corrected chi connectivity index (χ4v) is 6.22. The molecule has 136 valence electrons. The molecule has 2 saturated carbocycles. The Balaban J connectivity index is 1.61. The fourth-order valence-electron chi connectivity index (χ4n) is 6.22. The van der Waals surface area contributed by atoms with Gasteiger partial charge in [-0.2, -0.15) is 0 Å². The molecule has 0 radical (unpaired) electrons. The van der Waals surface area contributed by atoms with Crippen LogP contribution in [0.1, 0.15) is 52.0 Å². The lowest BCUT2D eigenvalue weighted by molar-refractivity contribution is -0.135. The summed E-state index contributed by atoms with van der Waals surface area (Å²) in [6.45, 7) is 7.51. The average molecular weight is 341 g/mol. The largest absolute Gasteiger partial charge is 0.378 e. The van der Waals surface area contributed by atoms with Crippen LogP contribution in [0.2, 0.25) is 0 Å². The van der Waals surface area contributed by atoms with Crippen LogP contribution in [0.25, 0.3) is 0 Å². The van der Waals surface area contributed by atoms with Crippen LogP contribution < -0.4 is 5.32 Å². The van der Waals surface area contributed by atoms with E-state index in [4.69, 9.17) is 4.74 Å². The van der Waals surface area contributed by atoms with E-state index < -0.39 is 0 Å². The standard InChI is InChI=1S/C22H31NO2/c1-4-19(24)23-20-21(2,3)16-13-17-18(12-15-8-6-5-7-9-15)25-11-10-22(17,20)14-16/h5-9,16-18,20H,4,10-14H2,1-3H3,(H,23,24)/t16-,17-,18-,20+,22?/m1/s1. The number of fused-ring (bicyclic) bond motifs is 1. The summed E-state index contributed by atoms with van der Waals surface area (Å²) in [5.74, 6) is 1.46. The minimum absolute atomic E-state index is 0.190. The molecule has 1 amide bonds. The Morgan fingerprint density at radius 3 is 2.76 bits per heavy atom. The van der Waals surface area contributed by atoms with Gasteiger partial charge in [-0.1, -0.05) is 51.1 Å². The maximum absolute atomic E-state index is 12.2. The van der Waals surface area contributed by atoms with Gasteiger partial charge in [0.05, 0.1) is 6.10 Å². The minimum Gasteiger partial charge on any atom is -0.378 e. The molecule has 1 saturated heterocycles. The first-order chi connectivity index (χ1) is 12.0. The van der Waals surface area contributed by atoms with Crippen molar-refractivity contribution in [2.45, 2.75) is 65.0 Å². The molecule has 1 spiro atoms. The van der Waals surface area contributed by atoms with Crippen molar-refractivity contribution in [2.24, 2.45) is 22.7 Å². The Bertz CT molecular complexity index is 641. The number of rotatable bonds is 4. The van der Waals surface area contributed by atoms with Crippen LogP contribution in [-0.2, 0) is 16.0 Å². The summed E-state index contributed by atoms with van der Waals surface area (Å²) in [5.41, 5.74) is 1.79. The third kappa shape index (κ3) is 2.63. The van der Waals surface area contributed by atoms with E-state index in [1.807, 2.05) is 6.92 Å². The molecule has 5 atom stereocenters. The van der Waals surface area contributed by atoms with Gasteiger partial charge in [0.25, 0.3) is 0 Å². The van der Waals surface area contributed by atoms with Gasteiger partial charge < -0.3 is 10.1 Å². The Labute approximate surface area is 151 Å². The van der Waals surface area contributed by atoms with Gasteiger partial charge >= 0.3 is 0 Å². The molecule has 3 nitrogen and oxygen atoms in total. The monoisotopic (exact) mass is 341 g/mol. The molecule has 25 heavy (non-hydrogen) atoms. The predicted octanol–water partition coefficient (Wildman–Crippen LogP) is 3.97. The number of nitrogens with one attached hydrogen (secondary N) is 1. The second-order valence-electron chi connectivity index (χ2n) is 9.00. The lowest BCUT2D eigenvalue weighted by Gasteiger charge is -2.53. The van der Waals surface area contributed by atoms with Crippen LogP contribution in [0.3, 0.4) is 0 Å². The number of hydrogen-bond acceptors (Lipinski definition) is 2. The molecule has 0 aromatic heterocycles. The van der Waals surface area contributed by atoms with E-state index in [-0.39, 0.29) is 16.7 Å². The van der Waals surface area contributed by atoms with Crippen molar-refractivity contribution in [3.8, 4) is 0 Å². The number of amides is 1. The first-order valence-corrected chi connectivity index (χ1v) is 9.92. The van der Waals surface area contributed by atoms with E-state index in [9.17, 15) is 4.79 Å². The van der Waals surface area contributed by atoms with Crippen molar-refractivity contribution in [3.63, 3.8) is 0 Å². The van der Waals surface area contributed by atoms with Crippen LogP contribution in [-0.4, -0.2) is 24.7 Å². The van der Waals surface area contributed by atoms with E-state index in [2.05, 4.69) is 49.5 Å². The van der Waals surface area contributed by atoms with Crippen LogP contribution in [0.5, 0.6) is 0 Å². The molecule has 1 unspecified atom stereocenters. The van der Waals surface area contributed by atoms with Crippen LogP contribution in [0.15, 0.2) is 30.3 Å². The Hall–Kier alpha value is -1.35. The SMILES string of the molecule is CCC(=O)N[C@H]1C(C)(C)[C@@H]2C[C@@H]3[C@@H](Cc4ccccc4)OCCC31C2. The molecular formula is C22H31NO2. The number of benzene rings is 1. The lowest BCUT2D eigenvalue weighted by atomic mass is 9.59. The molecular weight excluding hydrogens is 310 g/mol. The number of hydrogen-bond donors (Lipinski definition) is 1. The highest BCUT2D eigenvalue weighted by atomic mass is 16.5. The van der Waals surface area contributed by atoms with Gasteiger partial charge in [0.2, 0.25) is 5.91 Å². The summed E-state index contributed by atoms with van der Waals surface area (Å²) in [6.07, 6.45) is 5.46. The van der Waals surface area contributed by atoms with Crippen molar-refractivity contribution in [3.05, 3.63) is 35.9 Å². The van der Waals surface area contributed by atoms with Crippen LogP contribution >= 0.6 is 0 Å². The van der Waals surface area contributed by atoms with Crippen molar-refractivity contribution >= 4 is 5.91 Å². The van der Waals surface area contributed by atoms with Crippen molar-refractivity contribution < 1.29 is 9.53 Å². The second-order valence-corrected chi connectivity index (χ2v) is 9.00. The molecule has 1 aromatic carbocycles. The van der Waals surface area contributed by atoms with Crippen LogP contribution in [0.4, 0.5) is 0 Å². The van der Waals surface area contributed by atoms with Gasteiger partial charge in [-0.15, -0.1) is 0 Å². The molecule has 1 aliphatic heterocycles. The highest BCUT2D eigenvalue weighted by molar-refractivity contribution is 5.76. The van der Waals surface area contributed by atoms with Gasteiger partial charge in [-0.3, -0.25) is 4.79 Å². The summed E-state index contributed by atoms with van der Waals surface area (Å²) >= 11 is 0. The predicted molar refractivity (Wildman–Crippen MR) is 99.2 cm³/mol. The molecule has 4 rings (SSSR count). The van der Waals surface area contributed by atoms with E-state index >= 15 is 0 Å². The number of carbonyl (C=O) groups is 1. The van der Waals surface area contributed by atoms with Gasteiger partial charge in [-0.25, -0.2) is 0 Å². The lowest BCUT2D eigenvalue weighted by Crippen LogP contribution is -2.60. The van der Waals surface area contributed by atoms with E-state index in [0.717, 1.165) is 19.4 Å². The van der Waals surface area contributed by atoms with Gasteiger partial charge in [0.15, 0.2) is 0 Å². The molecule has 3 heteroatoms. The van der Waals surface area contributed by atoms with Crippen molar-refractivity contribution in [1.82, 2.24) is 5.32 Å². The van der Waals surface area contributed by atoms with Crippen molar-refractivity contribution in [2.75, 3.05) is 6.61 Å². The molecule has 2 bridgehead atoms. The Morgan fingerprint density at radius 2 is 2.04 bits per heavy atom. The third-order valence-electron chi connectivity index (χ3n) is 7.53. The molecule has 1 N–H and O–H groups in total.